The van der Waals surface area contributed by atoms with E-state index in [2.05, 4.69) is 48.0 Å². The van der Waals surface area contributed by atoms with Gasteiger partial charge in [0, 0.05) is 40.8 Å². The lowest BCUT2D eigenvalue weighted by molar-refractivity contribution is 0.636. The lowest BCUT2D eigenvalue weighted by Gasteiger charge is -2.26. The molecule has 1 N–H and O–H groups in total. The molecule has 0 amide bonds. The van der Waals surface area contributed by atoms with Gasteiger partial charge in [-0.05, 0) is 31.2 Å². The SMILES string of the molecule is CNCc1ccc(Cl)cc1N1CCSC(C)(C)CC1. The van der Waals surface area contributed by atoms with Crippen LogP contribution in [0.2, 0.25) is 5.02 Å². The Morgan fingerprint density at radius 3 is 2.89 bits per heavy atom. The second-order valence-corrected chi connectivity index (χ2v) is 7.89. The van der Waals surface area contributed by atoms with Crippen LogP contribution >= 0.6 is 23.4 Å². The third kappa shape index (κ3) is 4.04. The highest BCUT2D eigenvalue weighted by Gasteiger charge is 2.24. The predicted octanol–water partition coefficient (Wildman–Crippen LogP) is 3.78. The summed E-state index contributed by atoms with van der Waals surface area (Å²) in [6.45, 7) is 7.78. The van der Waals surface area contributed by atoms with E-state index in [4.69, 9.17) is 11.6 Å². The molecule has 0 radical (unpaired) electrons. The molecule has 0 aliphatic carbocycles. The minimum Gasteiger partial charge on any atom is -0.370 e. The molecule has 1 saturated heterocycles. The van der Waals surface area contributed by atoms with E-state index in [9.17, 15) is 0 Å². The van der Waals surface area contributed by atoms with Crippen LogP contribution in [0.3, 0.4) is 0 Å². The Labute approximate surface area is 125 Å². The number of anilines is 1. The first-order valence-electron chi connectivity index (χ1n) is 6.84. The Hall–Kier alpha value is -0.380. The molecule has 2 nitrogen and oxygen atoms in total. The largest absolute Gasteiger partial charge is 0.370 e. The molecule has 0 aromatic heterocycles. The molecule has 0 bridgehead atoms. The number of thioether (sulfide) groups is 1. The molecule has 1 aromatic carbocycles. The minimum absolute atomic E-state index is 0.385. The Kier molecular flexibility index (Phi) is 5.04. The number of hydrogen-bond acceptors (Lipinski definition) is 3. The van der Waals surface area contributed by atoms with E-state index in [-0.39, 0.29) is 0 Å². The summed E-state index contributed by atoms with van der Waals surface area (Å²) in [6.07, 6.45) is 1.21. The summed E-state index contributed by atoms with van der Waals surface area (Å²) in [5.41, 5.74) is 2.62. The van der Waals surface area contributed by atoms with Crippen molar-refractivity contribution in [1.82, 2.24) is 5.32 Å². The van der Waals surface area contributed by atoms with Crippen LogP contribution in [0.5, 0.6) is 0 Å². The standard InChI is InChI=1S/C15H23ClN2S/c1-15(2)6-7-18(8-9-19-15)14-10-13(16)5-4-12(14)11-17-3/h4-5,10,17H,6-9,11H2,1-3H3. The monoisotopic (exact) mass is 298 g/mol. The van der Waals surface area contributed by atoms with Gasteiger partial charge in [0.2, 0.25) is 0 Å². The number of nitrogens with one attached hydrogen (secondary N) is 1. The molecule has 1 aromatic rings. The molecule has 106 valence electrons. The molecule has 0 atom stereocenters. The van der Waals surface area contributed by atoms with Gasteiger partial charge in [0.1, 0.15) is 0 Å². The van der Waals surface area contributed by atoms with E-state index in [0.717, 1.165) is 24.7 Å². The van der Waals surface area contributed by atoms with Crippen molar-refractivity contribution < 1.29 is 0 Å². The summed E-state index contributed by atoms with van der Waals surface area (Å²) in [5.74, 6) is 1.18. The highest BCUT2D eigenvalue weighted by atomic mass is 35.5. The van der Waals surface area contributed by atoms with Crippen molar-refractivity contribution in [3.05, 3.63) is 28.8 Å². The quantitative estimate of drug-likeness (QED) is 0.914. The zero-order chi connectivity index (χ0) is 13.9. The van der Waals surface area contributed by atoms with E-state index in [1.54, 1.807) is 0 Å². The molecule has 0 saturated carbocycles. The fourth-order valence-corrected chi connectivity index (χ4v) is 3.70. The van der Waals surface area contributed by atoms with Crippen molar-refractivity contribution in [2.45, 2.75) is 31.6 Å². The van der Waals surface area contributed by atoms with E-state index in [1.165, 1.54) is 23.4 Å². The normalized spacial score (nSPS) is 19.3. The van der Waals surface area contributed by atoms with Gasteiger partial charge in [-0.2, -0.15) is 11.8 Å². The summed E-state index contributed by atoms with van der Waals surface area (Å²) in [4.78, 5) is 2.49. The zero-order valence-corrected chi connectivity index (χ0v) is 13.6. The molecule has 0 unspecified atom stereocenters. The fourth-order valence-electron chi connectivity index (χ4n) is 2.43. The van der Waals surface area contributed by atoms with E-state index < -0.39 is 0 Å². The minimum atomic E-state index is 0.385. The van der Waals surface area contributed by atoms with Crippen LogP contribution in [0.25, 0.3) is 0 Å². The second kappa shape index (κ2) is 6.38. The first-order valence-corrected chi connectivity index (χ1v) is 8.20. The molecule has 2 rings (SSSR count). The van der Waals surface area contributed by atoms with Gasteiger partial charge < -0.3 is 10.2 Å². The van der Waals surface area contributed by atoms with Gasteiger partial charge in [0.15, 0.2) is 0 Å². The third-order valence-electron chi connectivity index (χ3n) is 3.59. The number of nitrogens with zero attached hydrogens (tertiary/aromatic N) is 1. The van der Waals surface area contributed by atoms with Crippen LogP contribution in [0, 0.1) is 0 Å². The molecular weight excluding hydrogens is 276 g/mol. The third-order valence-corrected chi connectivity index (χ3v) is 5.20. The molecule has 19 heavy (non-hydrogen) atoms. The van der Waals surface area contributed by atoms with Crippen LogP contribution in [0.1, 0.15) is 25.8 Å². The van der Waals surface area contributed by atoms with E-state index in [1.807, 2.05) is 13.1 Å². The Bertz CT molecular complexity index is 434. The fraction of sp³-hybridized carbons (Fsp3) is 0.600. The van der Waals surface area contributed by atoms with Crippen LogP contribution in [0.4, 0.5) is 5.69 Å². The molecule has 4 heteroatoms. The maximum absolute atomic E-state index is 6.18. The first-order chi connectivity index (χ1) is 9.02. The summed E-state index contributed by atoms with van der Waals surface area (Å²) < 4.78 is 0.385. The van der Waals surface area contributed by atoms with Gasteiger partial charge in [-0.1, -0.05) is 31.5 Å². The Morgan fingerprint density at radius 2 is 2.16 bits per heavy atom. The van der Waals surface area contributed by atoms with Crippen LogP contribution in [0.15, 0.2) is 18.2 Å². The molecule has 1 fully saturated rings. The molecule has 1 heterocycles. The van der Waals surface area contributed by atoms with Crippen LogP contribution in [-0.4, -0.2) is 30.6 Å². The number of rotatable bonds is 3. The van der Waals surface area contributed by atoms with Gasteiger partial charge in [0.25, 0.3) is 0 Å². The first kappa shape index (κ1) is 15.0. The van der Waals surface area contributed by atoms with Crippen LogP contribution < -0.4 is 10.2 Å². The highest BCUT2D eigenvalue weighted by molar-refractivity contribution is 8.00. The van der Waals surface area contributed by atoms with Crippen molar-refractivity contribution in [2.75, 3.05) is 30.8 Å². The van der Waals surface area contributed by atoms with Crippen molar-refractivity contribution in [3.63, 3.8) is 0 Å². The van der Waals surface area contributed by atoms with Gasteiger partial charge >= 0.3 is 0 Å². The lowest BCUT2D eigenvalue weighted by Crippen LogP contribution is -2.28. The summed E-state index contributed by atoms with van der Waals surface area (Å²) in [5, 5.41) is 4.06. The van der Waals surface area contributed by atoms with Crippen LogP contribution in [-0.2, 0) is 6.54 Å². The Morgan fingerprint density at radius 1 is 1.37 bits per heavy atom. The number of benzene rings is 1. The van der Waals surface area contributed by atoms with E-state index >= 15 is 0 Å². The summed E-state index contributed by atoms with van der Waals surface area (Å²) >= 11 is 8.25. The van der Waals surface area contributed by atoms with Crippen molar-refractivity contribution >= 4 is 29.1 Å². The Balaban J connectivity index is 2.22. The average molecular weight is 299 g/mol. The van der Waals surface area contributed by atoms with Gasteiger partial charge in [0.05, 0.1) is 0 Å². The topological polar surface area (TPSA) is 15.3 Å². The molecule has 0 spiro atoms. The second-order valence-electron chi connectivity index (χ2n) is 5.65. The van der Waals surface area contributed by atoms with Gasteiger partial charge in [-0.15, -0.1) is 0 Å². The average Bonchev–Trinajstić information content (AvgIpc) is 2.53. The van der Waals surface area contributed by atoms with Crippen molar-refractivity contribution in [2.24, 2.45) is 0 Å². The van der Waals surface area contributed by atoms with Gasteiger partial charge in [-0.25, -0.2) is 0 Å². The summed E-state index contributed by atoms with van der Waals surface area (Å²) in [7, 11) is 1.99. The zero-order valence-electron chi connectivity index (χ0n) is 12.0. The highest BCUT2D eigenvalue weighted by Crippen LogP contribution is 2.34. The van der Waals surface area contributed by atoms with E-state index in [0.29, 0.717) is 4.75 Å². The van der Waals surface area contributed by atoms with Crippen molar-refractivity contribution in [3.8, 4) is 0 Å². The van der Waals surface area contributed by atoms with Crippen molar-refractivity contribution in [1.29, 1.82) is 0 Å². The molecule has 1 aliphatic rings. The summed E-state index contributed by atoms with van der Waals surface area (Å²) in [6, 6.07) is 6.22. The maximum atomic E-state index is 6.18. The molecule has 1 aliphatic heterocycles. The lowest BCUT2D eigenvalue weighted by atomic mass is 10.1. The number of halogens is 1. The molecular formula is C15H23ClN2S. The maximum Gasteiger partial charge on any atom is 0.0427 e. The number of hydrogen-bond donors (Lipinski definition) is 1. The van der Waals surface area contributed by atoms with Gasteiger partial charge in [-0.3, -0.25) is 0 Å². The smallest absolute Gasteiger partial charge is 0.0427 e. The predicted molar refractivity (Wildman–Crippen MR) is 87.6 cm³/mol.